The van der Waals surface area contributed by atoms with Gasteiger partial charge in [0.15, 0.2) is 0 Å². The number of anilines is 2. The number of nitrogen functional groups attached to an aromatic ring is 1. The first-order valence-corrected chi connectivity index (χ1v) is 7.18. The molecule has 0 aromatic carbocycles. The third kappa shape index (κ3) is 3.55. The van der Waals surface area contributed by atoms with Crippen LogP contribution in [0, 0.1) is 0 Å². The minimum atomic E-state index is 0.296. The zero-order valence-electron chi connectivity index (χ0n) is 10.7. The molecule has 100 valence electrons. The van der Waals surface area contributed by atoms with E-state index in [1.165, 1.54) is 25.7 Å². The molecule has 0 spiro atoms. The monoisotopic (exact) mass is 313 g/mol. The van der Waals surface area contributed by atoms with Crippen molar-refractivity contribution in [1.82, 2.24) is 14.9 Å². The van der Waals surface area contributed by atoms with Crippen molar-refractivity contribution in [1.29, 1.82) is 0 Å². The van der Waals surface area contributed by atoms with E-state index in [0.29, 0.717) is 5.95 Å². The molecule has 1 aliphatic carbocycles. The minimum absolute atomic E-state index is 0.296. The molecule has 1 aromatic rings. The van der Waals surface area contributed by atoms with Gasteiger partial charge in [-0.15, -0.1) is 0 Å². The van der Waals surface area contributed by atoms with Gasteiger partial charge in [-0.3, -0.25) is 0 Å². The van der Waals surface area contributed by atoms with E-state index in [1.807, 2.05) is 0 Å². The predicted molar refractivity (Wildman–Crippen MR) is 77.5 cm³/mol. The fraction of sp³-hybridized carbons (Fsp3) is 0.667. The summed E-state index contributed by atoms with van der Waals surface area (Å²) in [6.07, 6.45) is 7.08. The normalized spacial score (nSPS) is 16.4. The summed E-state index contributed by atoms with van der Waals surface area (Å²) in [5, 5.41) is 3.29. The molecule has 1 aliphatic rings. The Morgan fingerprint density at radius 3 is 2.94 bits per heavy atom. The van der Waals surface area contributed by atoms with Crippen molar-refractivity contribution >= 4 is 27.7 Å². The SMILES string of the molecule is CN(CCNc1nc(N)ncc1Br)C1CCCC1. The van der Waals surface area contributed by atoms with Crippen LogP contribution in [0.1, 0.15) is 25.7 Å². The van der Waals surface area contributed by atoms with E-state index < -0.39 is 0 Å². The molecule has 3 N–H and O–H groups in total. The summed E-state index contributed by atoms with van der Waals surface area (Å²) in [4.78, 5) is 10.5. The molecule has 0 unspecified atom stereocenters. The zero-order valence-corrected chi connectivity index (χ0v) is 12.3. The lowest BCUT2D eigenvalue weighted by Gasteiger charge is -2.24. The van der Waals surface area contributed by atoms with Crippen LogP contribution in [0.3, 0.4) is 0 Å². The maximum atomic E-state index is 5.57. The van der Waals surface area contributed by atoms with Gasteiger partial charge in [0.25, 0.3) is 0 Å². The second-order valence-corrected chi connectivity index (χ2v) is 5.62. The Labute approximate surface area is 116 Å². The predicted octanol–water partition coefficient (Wildman–Crippen LogP) is 2.11. The van der Waals surface area contributed by atoms with Gasteiger partial charge in [0, 0.05) is 25.3 Å². The van der Waals surface area contributed by atoms with Gasteiger partial charge in [-0.25, -0.2) is 4.98 Å². The number of halogens is 1. The summed E-state index contributed by atoms with van der Waals surface area (Å²) < 4.78 is 0.847. The van der Waals surface area contributed by atoms with Gasteiger partial charge in [0.1, 0.15) is 5.82 Å². The summed E-state index contributed by atoms with van der Waals surface area (Å²) in [7, 11) is 2.20. The Kier molecular flexibility index (Phi) is 4.77. The van der Waals surface area contributed by atoms with Gasteiger partial charge >= 0.3 is 0 Å². The highest BCUT2D eigenvalue weighted by Crippen LogP contribution is 2.22. The van der Waals surface area contributed by atoms with Gasteiger partial charge in [-0.05, 0) is 35.8 Å². The smallest absolute Gasteiger partial charge is 0.221 e. The molecule has 2 rings (SSSR count). The largest absolute Gasteiger partial charge is 0.368 e. The summed E-state index contributed by atoms with van der Waals surface area (Å²) in [5.41, 5.74) is 5.57. The Morgan fingerprint density at radius 2 is 2.22 bits per heavy atom. The van der Waals surface area contributed by atoms with Gasteiger partial charge < -0.3 is 16.0 Å². The van der Waals surface area contributed by atoms with Crippen LogP contribution in [0.15, 0.2) is 10.7 Å². The average Bonchev–Trinajstić information content (AvgIpc) is 2.87. The molecule has 0 amide bonds. The number of nitrogens with two attached hydrogens (primary N) is 1. The van der Waals surface area contributed by atoms with Crippen LogP contribution in [0.5, 0.6) is 0 Å². The summed E-state index contributed by atoms with van der Waals surface area (Å²) in [5.74, 6) is 1.06. The van der Waals surface area contributed by atoms with Gasteiger partial charge in [-0.1, -0.05) is 12.8 Å². The van der Waals surface area contributed by atoms with E-state index in [4.69, 9.17) is 5.73 Å². The third-order valence-corrected chi connectivity index (χ3v) is 4.05. The molecule has 1 fully saturated rings. The highest BCUT2D eigenvalue weighted by Gasteiger charge is 2.18. The molecule has 0 aliphatic heterocycles. The average molecular weight is 314 g/mol. The number of nitrogens with one attached hydrogen (secondary N) is 1. The number of rotatable bonds is 5. The highest BCUT2D eigenvalue weighted by molar-refractivity contribution is 9.10. The highest BCUT2D eigenvalue weighted by atomic mass is 79.9. The summed E-state index contributed by atoms with van der Waals surface area (Å²) in [6.45, 7) is 1.88. The van der Waals surface area contributed by atoms with Crippen molar-refractivity contribution in [2.45, 2.75) is 31.7 Å². The fourth-order valence-corrected chi connectivity index (χ4v) is 2.71. The van der Waals surface area contributed by atoms with Gasteiger partial charge in [0.05, 0.1) is 4.47 Å². The molecule has 0 atom stereocenters. The first-order valence-electron chi connectivity index (χ1n) is 6.39. The molecule has 0 bridgehead atoms. The Bertz CT molecular complexity index is 392. The van der Waals surface area contributed by atoms with Crippen LogP contribution < -0.4 is 11.1 Å². The van der Waals surface area contributed by atoms with E-state index in [1.54, 1.807) is 6.20 Å². The van der Waals surface area contributed by atoms with E-state index in [0.717, 1.165) is 29.4 Å². The van der Waals surface area contributed by atoms with Crippen LogP contribution in [-0.2, 0) is 0 Å². The molecular formula is C12H20BrN5. The first-order chi connectivity index (χ1) is 8.66. The lowest BCUT2D eigenvalue weighted by molar-refractivity contribution is 0.254. The van der Waals surface area contributed by atoms with Crippen LogP contribution in [0.25, 0.3) is 0 Å². The molecule has 0 radical (unpaired) electrons. The number of hydrogen-bond donors (Lipinski definition) is 2. The molecule has 1 aromatic heterocycles. The van der Waals surface area contributed by atoms with Crippen molar-refractivity contribution in [2.75, 3.05) is 31.2 Å². The quantitative estimate of drug-likeness (QED) is 0.871. The van der Waals surface area contributed by atoms with Crippen molar-refractivity contribution in [3.05, 3.63) is 10.7 Å². The Hall–Kier alpha value is -0.880. The lowest BCUT2D eigenvalue weighted by Crippen LogP contribution is -2.33. The number of nitrogens with zero attached hydrogens (tertiary/aromatic N) is 3. The summed E-state index contributed by atoms with van der Waals surface area (Å²) >= 11 is 3.41. The van der Waals surface area contributed by atoms with Crippen LogP contribution in [-0.4, -0.2) is 41.0 Å². The van der Waals surface area contributed by atoms with Crippen molar-refractivity contribution in [2.24, 2.45) is 0 Å². The van der Waals surface area contributed by atoms with Crippen molar-refractivity contribution in [3.63, 3.8) is 0 Å². The second kappa shape index (κ2) is 6.33. The molecule has 6 heteroatoms. The number of likely N-dealkylation sites (N-methyl/N-ethyl adjacent to an activating group) is 1. The molecule has 1 saturated carbocycles. The van der Waals surface area contributed by atoms with Crippen LogP contribution in [0.4, 0.5) is 11.8 Å². The van der Waals surface area contributed by atoms with Crippen LogP contribution >= 0.6 is 15.9 Å². The maximum Gasteiger partial charge on any atom is 0.221 e. The number of hydrogen-bond acceptors (Lipinski definition) is 5. The number of aromatic nitrogens is 2. The molecule has 1 heterocycles. The van der Waals surface area contributed by atoms with Gasteiger partial charge in [-0.2, -0.15) is 4.98 Å². The summed E-state index contributed by atoms with van der Waals surface area (Å²) in [6, 6.07) is 0.755. The Morgan fingerprint density at radius 1 is 1.50 bits per heavy atom. The molecule has 0 saturated heterocycles. The topological polar surface area (TPSA) is 67.1 Å². The van der Waals surface area contributed by atoms with Crippen molar-refractivity contribution < 1.29 is 0 Å². The van der Waals surface area contributed by atoms with Crippen LogP contribution in [0.2, 0.25) is 0 Å². The van der Waals surface area contributed by atoms with E-state index in [2.05, 4.69) is 43.2 Å². The first kappa shape index (κ1) is 13.5. The van der Waals surface area contributed by atoms with Gasteiger partial charge in [0.2, 0.25) is 5.95 Å². The molecule has 5 nitrogen and oxygen atoms in total. The van der Waals surface area contributed by atoms with E-state index in [-0.39, 0.29) is 0 Å². The van der Waals surface area contributed by atoms with E-state index >= 15 is 0 Å². The maximum absolute atomic E-state index is 5.57. The molecule has 18 heavy (non-hydrogen) atoms. The fourth-order valence-electron chi connectivity index (χ4n) is 2.38. The standard InChI is InChI=1S/C12H20BrN5/c1-18(9-4-2-3-5-9)7-6-15-11-10(13)8-16-12(14)17-11/h8-9H,2-7H2,1H3,(H3,14,15,16,17). The van der Waals surface area contributed by atoms with E-state index in [9.17, 15) is 0 Å². The van der Waals surface area contributed by atoms with Crippen molar-refractivity contribution in [3.8, 4) is 0 Å². The molecular weight excluding hydrogens is 294 g/mol. The lowest BCUT2D eigenvalue weighted by atomic mass is 10.2. The zero-order chi connectivity index (χ0) is 13.0. The Balaban J connectivity index is 1.79. The minimum Gasteiger partial charge on any atom is -0.368 e. The third-order valence-electron chi connectivity index (χ3n) is 3.47. The second-order valence-electron chi connectivity index (χ2n) is 4.77.